The Morgan fingerprint density at radius 3 is 2.95 bits per heavy atom. The van der Waals surface area contributed by atoms with Crippen LogP contribution in [-0.4, -0.2) is 14.5 Å². The molecule has 0 amide bonds. The van der Waals surface area contributed by atoms with Gasteiger partial charge in [0.1, 0.15) is 5.52 Å². The number of hydrogen-bond acceptors (Lipinski definition) is 4. The molecule has 98 valence electrons. The fraction of sp³-hybridized carbons (Fsp3) is 0.286. The van der Waals surface area contributed by atoms with Gasteiger partial charge in [0, 0.05) is 28.4 Å². The van der Waals surface area contributed by atoms with Crippen LogP contribution in [0.1, 0.15) is 22.7 Å². The van der Waals surface area contributed by atoms with Crippen molar-refractivity contribution in [3.05, 3.63) is 40.3 Å². The van der Waals surface area contributed by atoms with Crippen LogP contribution in [0.4, 0.5) is 5.95 Å². The summed E-state index contributed by atoms with van der Waals surface area (Å²) >= 11 is 1.84. The third-order valence-corrected chi connectivity index (χ3v) is 4.28. The summed E-state index contributed by atoms with van der Waals surface area (Å²) in [6.07, 6.45) is 4.50. The Labute approximate surface area is 115 Å². The zero-order valence-electron chi connectivity index (χ0n) is 11.0. The van der Waals surface area contributed by atoms with E-state index in [1.165, 1.54) is 9.75 Å². The van der Waals surface area contributed by atoms with Crippen molar-refractivity contribution in [3.8, 4) is 0 Å². The summed E-state index contributed by atoms with van der Waals surface area (Å²) in [5.41, 5.74) is 7.95. The van der Waals surface area contributed by atoms with Gasteiger partial charge in [-0.05, 0) is 32.0 Å². The molecule has 3 heterocycles. The van der Waals surface area contributed by atoms with E-state index in [4.69, 9.17) is 5.73 Å². The van der Waals surface area contributed by atoms with Crippen LogP contribution in [0.5, 0.6) is 0 Å². The molecule has 1 unspecified atom stereocenters. The van der Waals surface area contributed by atoms with E-state index in [1.54, 1.807) is 12.4 Å². The Balaban J connectivity index is 1.97. The highest BCUT2D eigenvalue weighted by molar-refractivity contribution is 7.11. The molecule has 0 aromatic carbocycles. The summed E-state index contributed by atoms with van der Waals surface area (Å²) in [5.74, 6) is 0.559. The first-order chi connectivity index (χ1) is 9.15. The summed E-state index contributed by atoms with van der Waals surface area (Å²) in [6, 6.07) is 6.60. The largest absolute Gasteiger partial charge is 0.369 e. The molecule has 0 aliphatic rings. The molecular weight excluding hydrogens is 256 g/mol. The number of fused-ring (bicyclic) bond motifs is 1. The molecule has 3 aromatic heterocycles. The minimum Gasteiger partial charge on any atom is -0.369 e. The Morgan fingerprint density at radius 1 is 1.37 bits per heavy atom. The molecular formula is C14H16N4S. The molecule has 3 aromatic rings. The highest BCUT2D eigenvalue weighted by Gasteiger charge is 2.15. The number of thiophene rings is 1. The summed E-state index contributed by atoms with van der Waals surface area (Å²) in [4.78, 5) is 11.2. The molecule has 0 bridgehead atoms. The van der Waals surface area contributed by atoms with Crippen LogP contribution >= 0.6 is 11.3 Å². The first-order valence-electron chi connectivity index (χ1n) is 6.28. The molecule has 0 aliphatic heterocycles. The van der Waals surface area contributed by atoms with Gasteiger partial charge in [0.25, 0.3) is 0 Å². The van der Waals surface area contributed by atoms with E-state index in [2.05, 4.69) is 40.5 Å². The van der Waals surface area contributed by atoms with Crippen LogP contribution in [0, 0.1) is 6.92 Å². The molecule has 0 radical (unpaired) electrons. The molecule has 5 heteroatoms. The number of anilines is 1. The number of aryl methyl sites for hydroxylation is 1. The van der Waals surface area contributed by atoms with E-state index in [9.17, 15) is 0 Å². The molecule has 0 aliphatic carbocycles. The first kappa shape index (κ1) is 12.2. The van der Waals surface area contributed by atoms with Gasteiger partial charge in [0.2, 0.25) is 5.95 Å². The molecule has 0 saturated heterocycles. The van der Waals surface area contributed by atoms with Crippen molar-refractivity contribution in [1.29, 1.82) is 0 Å². The predicted octanol–water partition coefficient (Wildman–Crippen LogP) is 3.19. The zero-order chi connectivity index (χ0) is 13.4. The van der Waals surface area contributed by atoms with Gasteiger partial charge in [-0.15, -0.1) is 11.3 Å². The maximum atomic E-state index is 6.04. The Hall–Kier alpha value is -1.88. The average Bonchev–Trinajstić information content (AvgIpc) is 2.91. The van der Waals surface area contributed by atoms with Gasteiger partial charge in [-0.3, -0.25) is 4.98 Å². The van der Waals surface area contributed by atoms with E-state index in [0.717, 1.165) is 17.5 Å². The molecule has 0 fully saturated rings. The third-order valence-electron chi connectivity index (χ3n) is 3.25. The summed E-state index contributed by atoms with van der Waals surface area (Å²) in [6.45, 7) is 4.30. The van der Waals surface area contributed by atoms with E-state index in [0.29, 0.717) is 5.95 Å². The van der Waals surface area contributed by atoms with E-state index < -0.39 is 0 Å². The van der Waals surface area contributed by atoms with Gasteiger partial charge in [-0.25, -0.2) is 4.98 Å². The minimum absolute atomic E-state index is 0.283. The SMILES string of the molecule is Cc1ccc(CC(C)n2c(N)nc3cnccc32)s1. The second kappa shape index (κ2) is 4.66. The van der Waals surface area contributed by atoms with Crippen LogP contribution in [0.15, 0.2) is 30.6 Å². The van der Waals surface area contributed by atoms with Crippen molar-refractivity contribution in [1.82, 2.24) is 14.5 Å². The number of pyridine rings is 1. The van der Waals surface area contributed by atoms with Gasteiger partial charge in [0.05, 0.1) is 11.7 Å². The van der Waals surface area contributed by atoms with Crippen molar-refractivity contribution >= 4 is 28.3 Å². The average molecular weight is 272 g/mol. The van der Waals surface area contributed by atoms with Crippen LogP contribution in [0.3, 0.4) is 0 Å². The van der Waals surface area contributed by atoms with Crippen LogP contribution in [-0.2, 0) is 6.42 Å². The number of aromatic nitrogens is 3. The van der Waals surface area contributed by atoms with Gasteiger partial charge >= 0.3 is 0 Å². The lowest BCUT2D eigenvalue weighted by Crippen LogP contribution is -2.10. The third kappa shape index (κ3) is 2.21. The number of nitrogens with two attached hydrogens (primary N) is 1. The second-order valence-electron chi connectivity index (χ2n) is 4.77. The Kier molecular flexibility index (Phi) is 2.98. The number of hydrogen-bond donors (Lipinski definition) is 1. The predicted molar refractivity (Wildman–Crippen MR) is 79.4 cm³/mol. The molecule has 0 spiro atoms. The zero-order valence-corrected chi connectivity index (χ0v) is 11.8. The molecule has 19 heavy (non-hydrogen) atoms. The summed E-state index contributed by atoms with van der Waals surface area (Å²) in [7, 11) is 0. The topological polar surface area (TPSA) is 56.7 Å². The highest BCUT2D eigenvalue weighted by Crippen LogP contribution is 2.26. The van der Waals surface area contributed by atoms with Gasteiger partial charge in [0.15, 0.2) is 0 Å². The number of imidazole rings is 1. The van der Waals surface area contributed by atoms with Crippen LogP contribution in [0.2, 0.25) is 0 Å². The minimum atomic E-state index is 0.283. The molecule has 4 nitrogen and oxygen atoms in total. The van der Waals surface area contributed by atoms with Crippen molar-refractivity contribution in [3.63, 3.8) is 0 Å². The first-order valence-corrected chi connectivity index (χ1v) is 7.09. The molecule has 0 saturated carbocycles. The summed E-state index contributed by atoms with van der Waals surface area (Å²) < 4.78 is 2.09. The molecule has 2 N–H and O–H groups in total. The smallest absolute Gasteiger partial charge is 0.201 e. The van der Waals surface area contributed by atoms with Gasteiger partial charge in [-0.1, -0.05) is 0 Å². The number of nitrogens with zero attached hydrogens (tertiary/aromatic N) is 3. The lowest BCUT2D eigenvalue weighted by molar-refractivity contribution is 0.571. The second-order valence-corrected chi connectivity index (χ2v) is 6.14. The van der Waals surface area contributed by atoms with E-state index >= 15 is 0 Å². The summed E-state index contributed by atoms with van der Waals surface area (Å²) in [5, 5.41) is 0. The fourth-order valence-electron chi connectivity index (χ4n) is 2.41. The maximum absolute atomic E-state index is 6.04. The maximum Gasteiger partial charge on any atom is 0.201 e. The standard InChI is InChI=1S/C14H16N4S/c1-9(7-11-4-3-10(2)19-11)18-13-5-6-16-8-12(13)17-14(18)15/h3-6,8-9H,7H2,1-2H3,(H2,15,17). The van der Waals surface area contributed by atoms with Crippen molar-refractivity contribution in [2.45, 2.75) is 26.3 Å². The van der Waals surface area contributed by atoms with E-state index in [-0.39, 0.29) is 6.04 Å². The normalized spacial score (nSPS) is 12.9. The van der Waals surface area contributed by atoms with E-state index in [1.807, 2.05) is 17.4 Å². The lowest BCUT2D eigenvalue weighted by Gasteiger charge is -2.15. The van der Waals surface area contributed by atoms with Gasteiger partial charge in [-0.2, -0.15) is 0 Å². The Bertz CT molecular complexity index is 713. The van der Waals surface area contributed by atoms with Crippen LogP contribution < -0.4 is 5.73 Å². The van der Waals surface area contributed by atoms with Crippen molar-refractivity contribution in [2.75, 3.05) is 5.73 Å². The highest BCUT2D eigenvalue weighted by atomic mass is 32.1. The number of nitrogen functional groups attached to an aromatic ring is 1. The molecule has 1 atom stereocenters. The van der Waals surface area contributed by atoms with Crippen molar-refractivity contribution in [2.24, 2.45) is 0 Å². The quantitative estimate of drug-likeness (QED) is 0.796. The number of rotatable bonds is 3. The fourth-order valence-corrected chi connectivity index (χ4v) is 3.42. The van der Waals surface area contributed by atoms with Crippen molar-refractivity contribution < 1.29 is 0 Å². The molecule has 3 rings (SSSR count). The Morgan fingerprint density at radius 2 is 2.21 bits per heavy atom. The van der Waals surface area contributed by atoms with Crippen LogP contribution in [0.25, 0.3) is 11.0 Å². The lowest BCUT2D eigenvalue weighted by atomic mass is 10.2. The van der Waals surface area contributed by atoms with Gasteiger partial charge < -0.3 is 10.3 Å². The monoisotopic (exact) mass is 272 g/mol.